The second kappa shape index (κ2) is 4.15. The van der Waals surface area contributed by atoms with E-state index in [-0.39, 0.29) is 0 Å². The van der Waals surface area contributed by atoms with Gasteiger partial charge < -0.3 is 10.7 Å². The molecule has 0 bridgehead atoms. The maximum absolute atomic E-state index is 10.7. The summed E-state index contributed by atoms with van der Waals surface area (Å²) in [5.74, 6) is 0. The van der Waals surface area contributed by atoms with E-state index in [0.717, 1.165) is 11.1 Å². The van der Waals surface area contributed by atoms with Crippen LogP contribution in [0.1, 0.15) is 5.56 Å². The van der Waals surface area contributed by atoms with Crippen LogP contribution in [0.3, 0.4) is 0 Å². The lowest BCUT2D eigenvalue weighted by molar-refractivity contribution is 1.46. The third-order valence-electron chi connectivity index (χ3n) is 2.40. The molecular weight excluding hydrogens is 186 g/mol. The van der Waals surface area contributed by atoms with Gasteiger partial charge in [0.2, 0.25) is 0 Å². The summed E-state index contributed by atoms with van der Waals surface area (Å²) in [6, 6.07) is 15.6. The highest BCUT2D eigenvalue weighted by Gasteiger charge is 2.00. The Morgan fingerprint density at radius 2 is 1.60 bits per heavy atom. The number of benzene rings is 2. The van der Waals surface area contributed by atoms with Gasteiger partial charge in [-0.15, -0.1) is 0 Å². The van der Waals surface area contributed by atoms with Gasteiger partial charge in [-0.2, -0.15) is 0 Å². The van der Waals surface area contributed by atoms with E-state index in [0.29, 0.717) is 5.69 Å². The first-order valence-corrected chi connectivity index (χ1v) is 4.85. The van der Waals surface area contributed by atoms with E-state index in [2.05, 4.69) is 0 Å². The standard InChI is InChI=1S/C13H12NO/c1-10-6-8-11(9-7-10)12-4-2-3-5-13(12)14-15/h2-9,14H,1H3/q-1. The Morgan fingerprint density at radius 3 is 2.27 bits per heavy atom. The molecule has 2 aromatic carbocycles. The largest absolute Gasteiger partial charge is 0.761 e. The van der Waals surface area contributed by atoms with Crippen molar-refractivity contribution in [3.05, 3.63) is 59.3 Å². The molecule has 0 heterocycles. The molecule has 2 rings (SSSR count). The Hall–Kier alpha value is -1.80. The Morgan fingerprint density at radius 1 is 0.933 bits per heavy atom. The normalized spacial score (nSPS) is 10.0. The predicted octanol–water partition coefficient (Wildman–Crippen LogP) is 3.57. The minimum absolute atomic E-state index is 0.612. The van der Waals surface area contributed by atoms with E-state index in [9.17, 15) is 5.21 Å². The third kappa shape index (κ3) is 2.00. The van der Waals surface area contributed by atoms with E-state index >= 15 is 0 Å². The highest BCUT2D eigenvalue weighted by Crippen LogP contribution is 2.27. The molecule has 0 radical (unpaired) electrons. The van der Waals surface area contributed by atoms with Gasteiger partial charge in [-0.1, -0.05) is 48.0 Å². The fraction of sp³-hybridized carbons (Fsp3) is 0.0769. The Balaban J connectivity index is 2.49. The summed E-state index contributed by atoms with van der Waals surface area (Å²) in [4.78, 5) is 0. The van der Waals surface area contributed by atoms with Crippen molar-refractivity contribution < 1.29 is 0 Å². The van der Waals surface area contributed by atoms with Gasteiger partial charge in [0, 0.05) is 11.3 Å². The van der Waals surface area contributed by atoms with Crippen LogP contribution in [0.4, 0.5) is 5.69 Å². The number of nitrogens with one attached hydrogen (secondary N) is 1. The first kappa shape index (κ1) is 9.74. The second-order valence-electron chi connectivity index (χ2n) is 3.51. The van der Waals surface area contributed by atoms with Crippen molar-refractivity contribution in [1.29, 1.82) is 0 Å². The monoisotopic (exact) mass is 198 g/mol. The molecule has 2 heteroatoms. The number of hydrogen-bond acceptors (Lipinski definition) is 2. The van der Waals surface area contributed by atoms with Crippen LogP contribution in [-0.2, 0) is 0 Å². The molecule has 76 valence electrons. The lowest BCUT2D eigenvalue weighted by Gasteiger charge is -2.14. The Labute approximate surface area is 89.2 Å². The number of hydrogen-bond donors (Lipinski definition) is 1. The smallest absolute Gasteiger partial charge is 0.0312 e. The molecule has 0 atom stereocenters. The Kier molecular flexibility index (Phi) is 2.70. The van der Waals surface area contributed by atoms with E-state index in [1.807, 2.05) is 54.9 Å². The van der Waals surface area contributed by atoms with Crippen molar-refractivity contribution in [2.45, 2.75) is 6.92 Å². The molecule has 2 aromatic rings. The van der Waals surface area contributed by atoms with E-state index in [4.69, 9.17) is 0 Å². The maximum Gasteiger partial charge on any atom is 0.0312 e. The average molecular weight is 198 g/mol. The van der Waals surface area contributed by atoms with Crippen LogP contribution in [-0.4, -0.2) is 0 Å². The van der Waals surface area contributed by atoms with Crippen LogP contribution < -0.4 is 5.48 Å². The van der Waals surface area contributed by atoms with E-state index < -0.39 is 0 Å². The van der Waals surface area contributed by atoms with Gasteiger partial charge >= 0.3 is 0 Å². The number of aryl methyl sites for hydroxylation is 1. The van der Waals surface area contributed by atoms with Crippen molar-refractivity contribution >= 4 is 5.69 Å². The van der Waals surface area contributed by atoms with Gasteiger partial charge in [-0.05, 0) is 18.6 Å². The molecule has 15 heavy (non-hydrogen) atoms. The molecule has 0 aliphatic rings. The summed E-state index contributed by atoms with van der Waals surface area (Å²) in [6.45, 7) is 2.04. The second-order valence-corrected chi connectivity index (χ2v) is 3.51. The summed E-state index contributed by atoms with van der Waals surface area (Å²) >= 11 is 0. The molecule has 0 unspecified atom stereocenters. The predicted molar refractivity (Wildman–Crippen MR) is 63.6 cm³/mol. The Bertz CT molecular complexity index is 448. The minimum atomic E-state index is 0.612. The fourth-order valence-corrected chi connectivity index (χ4v) is 1.56. The molecule has 0 aromatic heterocycles. The molecule has 0 aliphatic heterocycles. The van der Waals surface area contributed by atoms with Gasteiger partial charge in [-0.25, -0.2) is 0 Å². The highest BCUT2D eigenvalue weighted by atomic mass is 16.5. The van der Waals surface area contributed by atoms with Crippen molar-refractivity contribution in [3.8, 4) is 11.1 Å². The van der Waals surface area contributed by atoms with Gasteiger partial charge in [0.1, 0.15) is 0 Å². The summed E-state index contributed by atoms with van der Waals surface area (Å²) in [7, 11) is 0. The van der Waals surface area contributed by atoms with Gasteiger partial charge in [0.05, 0.1) is 0 Å². The van der Waals surface area contributed by atoms with Crippen LogP contribution in [0.5, 0.6) is 0 Å². The molecule has 0 saturated heterocycles. The summed E-state index contributed by atoms with van der Waals surface area (Å²) in [5, 5.41) is 10.7. The van der Waals surface area contributed by atoms with Crippen LogP contribution in [0.25, 0.3) is 11.1 Å². The zero-order chi connectivity index (χ0) is 10.7. The lowest BCUT2D eigenvalue weighted by atomic mass is 10.0. The quantitative estimate of drug-likeness (QED) is 0.748. The maximum atomic E-state index is 10.7. The third-order valence-corrected chi connectivity index (χ3v) is 2.40. The van der Waals surface area contributed by atoms with Crippen LogP contribution in [0.15, 0.2) is 48.5 Å². The fourth-order valence-electron chi connectivity index (χ4n) is 1.56. The number of anilines is 1. The molecule has 0 spiro atoms. The SMILES string of the molecule is Cc1ccc(-c2ccccc2N[O-])cc1. The van der Waals surface area contributed by atoms with Crippen molar-refractivity contribution in [3.63, 3.8) is 0 Å². The molecule has 2 nitrogen and oxygen atoms in total. The topological polar surface area (TPSA) is 35.1 Å². The van der Waals surface area contributed by atoms with Gasteiger partial charge in [0.15, 0.2) is 0 Å². The van der Waals surface area contributed by atoms with Crippen molar-refractivity contribution in [2.24, 2.45) is 0 Å². The molecule has 0 aliphatic carbocycles. The average Bonchev–Trinajstić information content (AvgIpc) is 2.30. The minimum Gasteiger partial charge on any atom is -0.761 e. The van der Waals surface area contributed by atoms with E-state index in [1.54, 1.807) is 6.07 Å². The van der Waals surface area contributed by atoms with Crippen LogP contribution in [0.2, 0.25) is 0 Å². The molecular formula is C13H12NO-. The summed E-state index contributed by atoms with van der Waals surface area (Å²) in [6.07, 6.45) is 0. The molecule has 1 N–H and O–H groups in total. The van der Waals surface area contributed by atoms with E-state index in [1.165, 1.54) is 5.56 Å². The first-order valence-electron chi connectivity index (χ1n) is 4.85. The number of rotatable bonds is 2. The van der Waals surface area contributed by atoms with Crippen LogP contribution in [0, 0.1) is 12.1 Å². The summed E-state index contributed by atoms with van der Waals surface area (Å²) < 4.78 is 0. The van der Waals surface area contributed by atoms with Gasteiger partial charge in [0.25, 0.3) is 0 Å². The highest BCUT2D eigenvalue weighted by molar-refractivity contribution is 5.78. The lowest BCUT2D eigenvalue weighted by Crippen LogP contribution is -1.89. The molecule has 0 fully saturated rings. The summed E-state index contributed by atoms with van der Waals surface area (Å²) in [5.41, 5.74) is 5.78. The zero-order valence-corrected chi connectivity index (χ0v) is 8.53. The number of para-hydroxylation sites is 1. The van der Waals surface area contributed by atoms with Crippen molar-refractivity contribution in [2.75, 3.05) is 5.48 Å². The van der Waals surface area contributed by atoms with Crippen molar-refractivity contribution in [1.82, 2.24) is 0 Å². The molecule has 0 amide bonds. The van der Waals surface area contributed by atoms with Crippen LogP contribution >= 0.6 is 0 Å². The first-order chi connectivity index (χ1) is 7.31. The van der Waals surface area contributed by atoms with Gasteiger partial charge in [-0.3, -0.25) is 0 Å². The molecule has 0 saturated carbocycles. The zero-order valence-electron chi connectivity index (χ0n) is 8.53.